The zero-order valence-corrected chi connectivity index (χ0v) is 28.9. The number of thiophene rings is 1. The molecule has 0 saturated carbocycles. The van der Waals surface area contributed by atoms with Crippen molar-refractivity contribution in [1.82, 2.24) is 0 Å². The quantitative estimate of drug-likeness (QED) is 0.168. The van der Waals surface area contributed by atoms with Crippen LogP contribution in [0.25, 0.3) is 95.9 Å². The van der Waals surface area contributed by atoms with Gasteiger partial charge in [0.15, 0.2) is 0 Å². The van der Waals surface area contributed by atoms with Gasteiger partial charge in [-0.3, -0.25) is 0 Å². The molecule has 0 amide bonds. The number of nitrogens with zero attached hydrogens (tertiary/aromatic N) is 1. The minimum atomic E-state index is 1.14. The summed E-state index contributed by atoms with van der Waals surface area (Å²) in [7, 11) is 0. The largest absolute Gasteiger partial charge is 0.309 e. The minimum absolute atomic E-state index is 1.14. The van der Waals surface area contributed by atoms with Crippen LogP contribution in [0.15, 0.2) is 176 Å². The molecule has 0 aliphatic rings. The normalized spacial score (nSPS) is 12.2. The van der Waals surface area contributed by atoms with E-state index in [9.17, 15) is 0 Å². The predicted octanol–water partition coefficient (Wildman–Crippen LogP) is 15.0. The number of anilines is 3. The molecule has 0 bridgehead atoms. The van der Waals surface area contributed by atoms with Crippen LogP contribution in [-0.4, -0.2) is 0 Å². The fourth-order valence-electron chi connectivity index (χ4n) is 8.97. The van der Waals surface area contributed by atoms with Crippen molar-refractivity contribution in [3.8, 4) is 11.1 Å². The fourth-order valence-corrected chi connectivity index (χ4v) is 10.1. The number of hydrogen-bond donors (Lipinski definition) is 0. The first-order chi connectivity index (χ1) is 25.8. The summed E-state index contributed by atoms with van der Waals surface area (Å²) >= 11 is 1.87. The molecule has 12 rings (SSSR count). The maximum absolute atomic E-state index is 2.51. The molecule has 0 aliphatic carbocycles. The maximum Gasteiger partial charge on any atom is 0.0540 e. The Hall–Kier alpha value is -6.48. The van der Waals surface area contributed by atoms with E-state index in [-0.39, 0.29) is 0 Å². The molecule has 0 atom stereocenters. The second kappa shape index (κ2) is 10.5. The lowest BCUT2D eigenvalue weighted by molar-refractivity contribution is 1.32. The van der Waals surface area contributed by atoms with Crippen molar-refractivity contribution in [2.45, 2.75) is 0 Å². The summed E-state index contributed by atoms with van der Waals surface area (Å²) in [4.78, 5) is 2.51. The van der Waals surface area contributed by atoms with Crippen molar-refractivity contribution in [2.75, 3.05) is 4.90 Å². The van der Waals surface area contributed by atoms with Crippen molar-refractivity contribution < 1.29 is 0 Å². The lowest BCUT2D eigenvalue weighted by Gasteiger charge is -2.30. The van der Waals surface area contributed by atoms with Crippen LogP contribution in [0.4, 0.5) is 17.1 Å². The number of fused-ring (bicyclic) bond motifs is 3. The Morgan fingerprint density at radius 2 is 0.808 bits per heavy atom. The lowest BCUT2D eigenvalue weighted by Crippen LogP contribution is -2.11. The van der Waals surface area contributed by atoms with E-state index >= 15 is 0 Å². The molecule has 0 unspecified atom stereocenters. The topological polar surface area (TPSA) is 3.24 Å². The second-order valence-corrected chi connectivity index (χ2v) is 15.2. The molecule has 1 heterocycles. The fraction of sp³-hybridized carbons (Fsp3) is 0. The Morgan fingerprint density at radius 1 is 0.308 bits per heavy atom. The van der Waals surface area contributed by atoms with Gasteiger partial charge in [-0.1, -0.05) is 133 Å². The molecule has 11 aromatic carbocycles. The molecule has 0 aliphatic heterocycles. The van der Waals surface area contributed by atoms with Crippen LogP contribution in [0, 0.1) is 0 Å². The van der Waals surface area contributed by atoms with Crippen molar-refractivity contribution in [2.24, 2.45) is 0 Å². The monoisotopic (exact) mass is 675 g/mol. The van der Waals surface area contributed by atoms with Gasteiger partial charge in [0, 0.05) is 36.6 Å². The first kappa shape index (κ1) is 28.2. The van der Waals surface area contributed by atoms with Gasteiger partial charge in [0.05, 0.1) is 11.4 Å². The SMILES string of the molecule is c1cc(-c2ccc3sc4ccccc4c3c2)cc(N(c2ccc3ccc4cccc5ccc2c3c45)c2ccc3ccc4cccc5ccc2c3c45)c1. The highest BCUT2D eigenvalue weighted by Crippen LogP contribution is 2.48. The third-order valence-electron chi connectivity index (χ3n) is 11.3. The van der Waals surface area contributed by atoms with Crippen LogP contribution in [-0.2, 0) is 0 Å². The average Bonchev–Trinajstić information content (AvgIpc) is 3.58. The van der Waals surface area contributed by atoms with Gasteiger partial charge in [0.25, 0.3) is 0 Å². The number of hydrogen-bond acceptors (Lipinski definition) is 2. The summed E-state index contributed by atoms with van der Waals surface area (Å²) in [6.45, 7) is 0. The summed E-state index contributed by atoms with van der Waals surface area (Å²) in [6.07, 6.45) is 0. The highest BCUT2D eigenvalue weighted by atomic mass is 32.1. The smallest absolute Gasteiger partial charge is 0.0540 e. The molecule has 240 valence electrons. The summed E-state index contributed by atoms with van der Waals surface area (Å²) in [5.41, 5.74) is 5.92. The third-order valence-corrected chi connectivity index (χ3v) is 12.5. The first-order valence-electron chi connectivity index (χ1n) is 17.9. The van der Waals surface area contributed by atoms with Crippen molar-refractivity contribution in [3.05, 3.63) is 176 Å². The molecule has 0 saturated heterocycles. The van der Waals surface area contributed by atoms with Gasteiger partial charge in [0.2, 0.25) is 0 Å². The van der Waals surface area contributed by atoms with E-state index in [4.69, 9.17) is 0 Å². The van der Waals surface area contributed by atoms with E-state index in [0.29, 0.717) is 0 Å². The summed E-state index contributed by atoms with van der Waals surface area (Å²) in [6, 6.07) is 65.8. The van der Waals surface area contributed by atoms with Crippen LogP contribution in [0.3, 0.4) is 0 Å². The molecule has 52 heavy (non-hydrogen) atoms. The van der Waals surface area contributed by atoms with E-state index in [0.717, 1.165) is 5.69 Å². The van der Waals surface area contributed by atoms with Crippen LogP contribution >= 0.6 is 11.3 Å². The van der Waals surface area contributed by atoms with E-state index in [1.165, 1.54) is 107 Å². The highest BCUT2D eigenvalue weighted by Gasteiger charge is 2.22. The summed E-state index contributed by atoms with van der Waals surface area (Å²) in [5.74, 6) is 0. The molecule has 0 fully saturated rings. The van der Waals surface area contributed by atoms with Crippen LogP contribution in [0.2, 0.25) is 0 Å². The minimum Gasteiger partial charge on any atom is -0.309 e. The second-order valence-electron chi connectivity index (χ2n) is 14.1. The molecule has 0 spiro atoms. The Bertz CT molecular complexity index is 3190. The Labute approximate surface area is 303 Å². The van der Waals surface area contributed by atoms with Crippen molar-refractivity contribution >= 4 is 113 Å². The van der Waals surface area contributed by atoms with Gasteiger partial charge in [-0.05, 0) is 107 Å². The Morgan fingerprint density at radius 3 is 1.44 bits per heavy atom. The molecule has 12 aromatic rings. The predicted molar refractivity (Wildman–Crippen MR) is 227 cm³/mol. The summed E-state index contributed by atoms with van der Waals surface area (Å²) in [5, 5.41) is 18.1. The molecule has 1 aromatic heterocycles. The Balaban J connectivity index is 1.15. The zero-order valence-electron chi connectivity index (χ0n) is 28.1. The van der Waals surface area contributed by atoms with Gasteiger partial charge in [0.1, 0.15) is 0 Å². The molecular weight excluding hydrogens is 647 g/mol. The molecule has 0 radical (unpaired) electrons. The zero-order chi connectivity index (χ0) is 33.9. The van der Waals surface area contributed by atoms with Crippen LogP contribution in [0.1, 0.15) is 0 Å². The molecule has 0 N–H and O–H groups in total. The highest BCUT2D eigenvalue weighted by molar-refractivity contribution is 7.25. The van der Waals surface area contributed by atoms with Crippen LogP contribution in [0.5, 0.6) is 0 Å². The third kappa shape index (κ3) is 3.93. The van der Waals surface area contributed by atoms with Gasteiger partial charge in [-0.25, -0.2) is 0 Å². The first-order valence-corrected chi connectivity index (χ1v) is 18.7. The molecular formula is C50H29NS. The Kier molecular flexibility index (Phi) is 5.71. The number of benzene rings is 11. The van der Waals surface area contributed by atoms with Gasteiger partial charge >= 0.3 is 0 Å². The van der Waals surface area contributed by atoms with Gasteiger partial charge < -0.3 is 4.90 Å². The van der Waals surface area contributed by atoms with E-state index in [1.807, 2.05) is 11.3 Å². The van der Waals surface area contributed by atoms with Crippen molar-refractivity contribution in [1.29, 1.82) is 0 Å². The van der Waals surface area contributed by atoms with E-state index in [2.05, 4.69) is 181 Å². The lowest BCUT2D eigenvalue weighted by atomic mass is 9.91. The van der Waals surface area contributed by atoms with Gasteiger partial charge in [-0.2, -0.15) is 0 Å². The standard InChI is InChI=1S/C50H29NS/c1-2-13-45-39(12-1)42-29-37(22-27-46(42)52-45)36-10-5-11-38(28-36)51(43-25-20-34-16-14-30-6-3-8-32-18-23-40(43)49(34)47(30)32)44-26-21-35-17-15-31-7-4-9-33-19-24-41(44)50(35)48(31)33/h1-29H. The van der Waals surface area contributed by atoms with Gasteiger partial charge in [-0.15, -0.1) is 11.3 Å². The number of rotatable bonds is 4. The van der Waals surface area contributed by atoms with Crippen LogP contribution < -0.4 is 4.90 Å². The maximum atomic E-state index is 2.51. The molecule has 1 nitrogen and oxygen atoms in total. The van der Waals surface area contributed by atoms with E-state index in [1.54, 1.807) is 0 Å². The summed E-state index contributed by atoms with van der Waals surface area (Å²) < 4.78 is 2.66. The van der Waals surface area contributed by atoms with E-state index < -0.39 is 0 Å². The van der Waals surface area contributed by atoms with Crippen molar-refractivity contribution in [3.63, 3.8) is 0 Å². The molecule has 2 heteroatoms. The average molecular weight is 676 g/mol.